The number of anilines is 1. The molecule has 0 bridgehead atoms. The summed E-state index contributed by atoms with van der Waals surface area (Å²) >= 11 is 0. The van der Waals surface area contributed by atoms with Crippen LogP contribution in [0.4, 0.5) is 5.82 Å². The third kappa shape index (κ3) is 2.63. The van der Waals surface area contributed by atoms with Crippen molar-refractivity contribution in [2.75, 3.05) is 19.0 Å². The van der Waals surface area contributed by atoms with Crippen LogP contribution in [0, 0.1) is 0 Å². The van der Waals surface area contributed by atoms with Crippen molar-refractivity contribution in [1.29, 1.82) is 0 Å². The monoisotopic (exact) mass is 259 g/mol. The number of hydrogen-bond donors (Lipinski definition) is 2. The molecule has 0 aliphatic carbocycles. The predicted molar refractivity (Wildman–Crippen MR) is 79.7 cm³/mol. The Hall–Kier alpha value is -1.81. The van der Waals surface area contributed by atoms with Gasteiger partial charge in [-0.05, 0) is 25.5 Å². The molecule has 0 amide bonds. The lowest BCUT2D eigenvalue weighted by atomic mass is 9.99. The molecule has 4 nitrogen and oxygen atoms in total. The van der Waals surface area contributed by atoms with Gasteiger partial charge >= 0.3 is 0 Å². The second-order valence-corrected chi connectivity index (χ2v) is 4.96. The molecule has 4 heteroatoms. The Bertz CT molecular complexity index is 564. The molecule has 0 saturated heterocycles. The summed E-state index contributed by atoms with van der Waals surface area (Å²) in [7, 11) is 1.68. The maximum atomic E-state index is 5.85. The van der Waals surface area contributed by atoms with Crippen LogP contribution < -0.4 is 15.8 Å². The first kappa shape index (κ1) is 13.6. The fourth-order valence-electron chi connectivity index (χ4n) is 2.03. The van der Waals surface area contributed by atoms with Gasteiger partial charge in [-0.2, -0.15) is 0 Å². The lowest BCUT2D eigenvalue weighted by Gasteiger charge is -2.29. The zero-order valence-electron chi connectivity index (χ0n) is 11.7. The van der Waals surface area contributed by atoms with Crippen molar-refractivity contribution in [3.63, 3.8) is 0 Å². The first-order chi connectivity index (χ1) is 9.13. The summed E-state index contributed by atoms with van der Waals surface area (Å²) in [6.07, 6.45) is 2.73. The zero-order valence-corrected chi connectivity index (χ0v) is 11.7. The van der Waals surface area contributed by atoms with Gasteiger partial charge < -0.3 is 15.8 Å². The third-order valence-electron chi connectivity index (χ3n) is 3.64. The molecule has 102 valence electrons. The van der Waals surface area contributed by atoms with E-state index < -0.39 is 0 Å². The number of benzene rings is 1. The molecule has 19 heavy (non-hydrogen) atoms. The highest BCUT2D eigenvalue weighted by Crippen LogP contribution is 2.30. The van der Waals surface area contributed by atoms with Gasteiger partial charge in [0.1, 0.15) is 11.6 Å². The molecule has 2 aromatic rings. The number of rotatable bonds is 5. The van der Waals surface area contributed by atoms with Crippen molar-refractivity contribution in [3.05, 3.63) is 30.5 Å². The van der Waals surface area contributed by atoms with E-state index in [1.807, 2.05) is 24.3 Å². The largest absolute Gasteiger partial charge is 0.496 e. The fourth-order valence-corrected chi connectivity index (χ4v) is 2.03. The molecule has 0 aliphatic rings. The lowest BCUT2D eigenvalue weighted by molar-refractivity contribution is 0.420. The van der Waals surface area contributed by atoms with Crippen LogP contribution in [0.15, 0.2) is 30.5 Å². The quantitative estimate of drug-likeness (QED) is 0.866. The Kier molecular flexibility index (Phi) is 3.90. The summed E-state index contributed by atoms with van der Waals surface area (Å²) in [5.41, 5.74) is 5.70. The van der Waals surface area contributed by atoms with E-state index in [0.29, 0.717) is 6.54 Å². The molecule has 0 aliphatic heterocycles. The summed E-state index contributed by atoms with van der Waals surface area (Å²) in [5.74, 6) is 1.71. The van der Waals surface area contributed by atoms with Crippen molar-refractivity contribution < 1.29 is 4.74 Å². The minimum atomic E-state index is -0.148. The van der Waals surface area contributed by atoms with Crippen molar-refractivity contribution in [2.45, 2.75) is 25.8 Å². The van der Waals surface area contributed by atoms with Crippen LogP contribution in [0.3, 0.4) is 0 Å². The van der Waals surface area contributed by atoms with Crippen molar-refractivity contribution >= 4 is 16.6 Å². The molecule has 0 saturated carbocycles. The normalized spacial score (nSPS) is 14.1. The summed E-state index contributed by atoms with van der Waals surface area (Å²) in [5, 5.41) is 5.56. The standard InChI is InChI=1S/C15H21N3O/c1-4-15(2,10-16)18-14-12-6-5-7-13(19-3)11(12)8-9-17-14/h5-9H,4,10,16H2,1-3H3,(H,17,18). The van der Waals surface area contributed by atoms with E-state index in [2.05, 4.69) is 24.1 Å². The van der Waals surface area contributed by atoms with Crippen LogP contribution in [-0.4, -0.2) is 24.2 Å². The molecule has 1 aromatic carbocycles. The van der Waals surface area contributed by atoms with Gasteiger partial charge in [0, 0.05) is 29.1 Å². The second kappa shape index (κ2) is 5.45. The van der Waals surface area contributed by atoms with Gasteiger partial charge in [-0.1, -0.05) is 19.1 Å². The zero-order chi connectivity index (χ0) is 13.9. The van der Waals surface area contributed by atoms with Gasteiger partial charge in [-0.15, -0.1) is 0 Å². The molecule has 0 spiro atoms. The highest BCUT2D eigenvalue weighted by atomic mass is 16.5. The molecule has 1 heterocycles. The van der Waals surface area contributed by atoms with Crippen molar-refractivity contribution in [3.8, 4) is 5.75 Å². The van der Waals surface area contributed by atoms with Crippen LogP contribution in [0.25, 0.3) is 10.8 Å². The Balaban J connectivity index is 2.50. The summed E-state index contributed by atoms with van der Waals surface area (Å²) in [4.78, 5) is 4.44. The molecule has 0 fully saturated rings. The molecule has 2 rings (SSSR count). The molecule has 1 aromatic heterocycles. The second-order valence-electron chi connectivity index (χ2n) is 4.96. The molecule has 3 N–H and O–H groups in total. The number of hydrogen-bond acceptors (Lipinski definition) is 4. The van der Waals surface area contributed by atoms with Crippen LogP contribution in [0.1, 0.15) is 20.3 Å². The molecular formula is C15H21N3O. The van der Waals surface area contributed by atoms with Crippen molar-refractivity contribution in [1.82, 2.24) is 4.98 Å². The summed E-state index contributed by atoms with van der Waals surface area (Å²) < 4.78 is 5.38. The van der Waals surface area contributed by atoms with Crippen LogP contribution in [0.5, 0.6) is 5.75 Å². The smallest absolute Gasteiger partial charge is 0.134 e. The Morgan fingerprint density at radius 1 is 1.32 bits per heavy atom. The van der Waals surface area contributed by atoms with Crippen molar-refractivity contribution in [2.24, 2.45) is 5.73 Å². The topological polar surface area (TPSA) is 60.2 Å². The Labute approximate surface area is 114 Å². The van der Waals surface area contributed by atoms with Gasteiger partial charge in [-0.25, -0.2) is 4.98 Å². The van der Waals surface area contributed by atoms with E-state index in [0.717, 1.165) is 28.8 Å². The van der Waals surface area contributed by atoms with E-state index in [1.165, 1.54) is 0 Å². The highest BCUT2D eigenvalue weighted by Gasteiger charge is 2.21. The Morgan fingerprint density at radius 2 is 2.11 bits per heavy atom. The van der Waals surface area contributed by atoms with E-state index in [4.69, 9.17) is 10.5 Å². The maximum Gasteiger partial charge on any atom is 0.134 e. The van der Waals surface area contributed by atoms with Gasteiger partial charge in [0.25, 0.3) is 0 Å². The number of methoxy groups -OCH3 is 1. The SMILES string of the molecule is CCC(C)(CN)Nc1nccc2c(OC)cccc12. The summed E-state index contributed by atoms with van der Waals surface area (Å²) in [6.45, 7) is 4.78. The van der Waals surface area contributed by atoms with E-state index >= 15 is 0 Å². The number of ether oxygens (including phenoxy) is 1. The van der Waals surface area contributed by atoms with Crippen LogP contribution in [-0.2, 0) is 0 Å². The number of nitrogens with one attached hydrogen (secondary N) is 1. The maximum absolute atomic E-state index is 5.85. The third-order valence-corrected chi connectivity index (χ3v) is 3.64. The number of pyridine rings is 1. The predicted octanol–water partition coefficient (Wildman–Crippen LogP) is 2.78. The van der Waals surface area contributed by atoms with E-state index in [-0.39, 0.29) is 5.54 Å². The van der Waals surface area contributed by atoms with E-state index in [1.54, 1.807) is 13.3 Å². The molecular weight excluding hydrogens is 238 g/mol. The molecule has 1 unspecified atom stereocenters. The first-order valence-electron chi connectivity index (χ1n) is 6.53. The number of nitrogens with zero attached hydrogens (tertiary/aromatic N) is 1. The van der Waals surface area contributed by atoms with Gasteiger partial charge in [-0.3, -0.25) is 0 Å². The van der Waals surface area contributed by atoms with E-state index in [9.17, 15) is 0 Å². The Morgan fingerprint density at radius 3 is 2.74 bits per heavy atom. The van der Waals surface area contributed by atoms with Crippen LogP contribution in [0.2, 0.25) is 0 Å². The average Bonchev–Trinajstić information content (AvgIpc) is 2.47. The van der Waals surface area contributed by atoms with Gasteiger partial charge in [0.2, 0.25) is 0 Å². The average molecular weight is 259 g/mol. The minimum absolute atomic E-state index is 0.148. The van der Waals surface area contributed by atoms with Gasteiger partial charge in [0.05, 0.1) is 7.11 Å². The summed E-state index contributed by atoms with van der Waals surface area (Å²) in [6, 6.07) is 7.93. The minimum Gasteiger partial charge on any atom is -0.496 e. The fraction of sp³-hybridized carbons (Fsp3) is 0.400. The lowest BCUT2D eigenvalue weighted by Crippen LogP contribution is -2.42. The van der Waals surface area contributed by atoms with Gasteiger partial charge in [0.15, 0.2) is 0 Å². The first-order valence-corrected chi connectivity index (χ1v) is 6.53. The number of aromatic nitrogens is 1. The molecule has 1 atom stereocenters. The highest BCUT2D eigenvalue weighted by molar-refractivity contribution is 5.96. The van der Waals surface area contributed by atoms with Crippen LogP contribution >= 0.6 is 0 Å². The number of nitrogens with two attached hydrogens (primary N) is 1. The molecule has 0 radical (unpaired) electrons. The number of fused-ring (bicyclic) bond motifs is 1.